The zero-order valence-corrected chi connectivity index (χ0v) is 9.78. The zero-order chi connectivity index (χ0) is 12.2. The van der Waals surface area contributed by atoms with Crippen LogP contribution in [0.1, 0.15) is 25.0 Å². The van der Waals surface area contributed by atoms with E-state index in [-0.39, 0.29) is 5.97 Å². The number of hydrogen-bond acceptors (Lipinski definition) is 3. The van der Waals surface area contributed by atoms with Crippen LogP contribution in [0.2, 0.25) is 0 Å². The summed E-state index contributed by atoms with van der Waals surface area (Å²) in [7, 11) is 1.38. The molecule has 0 aliphatic rings. The van der Waals surface area contributed by atoms with Gasteiger partial charge in [-0.1, -0.05) is 24.3 Å². The fraction of sp³-hybridized carbons (Fsp3) is 0.385. The quantitative estimate of drug-likeness (QED) is 0.729. The molecule has 0 saturated carbocycles. The standard InChI is InChI=1S/C13H15NO2/c1-13(2,12(15)16-3)11-6-4-10(5-7-11)8-9-14/h4-7H,8H2,1-3H3. The predicted octanol–water partition coefficient (Wildman–Crippen LogP) is 2.20. The number of hydrogen-bond donors (Lipinski definition) is 0. The molecule has 3 nitrogen and oxygen atoms in total. The van der Waals surface area contributed by atoms with Crippen LogP contribution in [0, 0.1) is 11.3 Å². The van der Waals surface area contributed by atoms with Gasteiger partial charge in [0.15, 0.2) is 0 Å². The second kappa shape index (κ2) is 4.80. The van der Waals surface area contributed by atoms with Crippen molar-refractivity contribution in [3.63, 3.8) is 0 Å². The van der Waals surface area contributed by atoms with Crippen molar-refractivity contribution in [1.82, 2.24) is 0 Å². The highest BCUT2D eigenvalue weighted by Gasteiger charge is 2.30. The third-order valence-corrected chi connectivity index (χ3v) is 2.65. The van der Waals surface area contributed by atoms with Gasteiger partial charge in [-0.05, 0) is 25.0 Å². The zero-order valence-electron chi connectivity index (χ0n) is 9.78. The molecule has 0 aliphatic carbocycles. The maximum atomic E-state index is 11.6. The van der Waals surface area contributed by atoms with Crippen molar-refractivity contribution in [1.29, 1.82) is 5.26 Å². The maximum absolute atomic E-state index is 11.6. The molecule has 0 atom stereocenters. The minimum Gasteiger partial charge on any atom is -0.468 e. The Morgan fingerprint density at radius 3 is 2.38 bits per heavy atom. The molecule has 16 heavy (non-hydrogen) atoms. The molecule has 0 N–H and O–H groups in total. The Hall–Kier alpha value is -1.82. The molecular weight excluding hydrogens is 202 g/mol. The summed E-state index contributed by atoms with van der Waals surface area (Å²) >= 11 is 0. The minimum absolute atomic E-state index is 0.263. The molecule has 3 heteroatoms. The number of nitriles is 1. The number of carbonyl (C=O) groups is 1. The summed E-state index contributed by atoms with van der Waals surface area (Å²) in [5.41, 5.74) is 1.19. The van der Waals surface area contributed by atoms with E-state index in [4.69, 9.17) is 10.00 Å². The fourth-order valence-electron chi connectivity index (χ4n) is 1.50. The molecule has 1 aromatic rings. The average molecular weight is 217 g/mol. The summed E-state index contributed by atoms with van der Waals surface area (Å²) in [5, 5.41) is 8.55. The van der Waals surface area contributed by atoms with Crippen molar-refractivity contribution in [2.45, 2.75) is 25.7 Å². The first-order valence-electron chi connectivity index (χ1n) is 5.07. The molecule has 0 fully saturated rings. The van der Waals surface area contributed by atoms with E-state index >= 15 is 0 Å². The summed E-state index contributed by atoms with van der Waals surface area (Å²) < 4.78 is 4.76. The Balaban J connectivity index is 2.98. The topological polar surface area (TPSA) is 50.1 Å². The molecule has 0 heterocycles. The molecule has 0 aromatic heterocycles. The highest BCUT2D eigenvalue weighted by Crippen LogP contribution is 2.24. The normalized spacial score (nSPS) is 10.6. The molecule has 0 bridgehead atoms. The van der Waals surface area contributed by atoms with E-state index in [0.717, 1.165) is 11.1 Å². The van der Waals surface area contributed by atoms with E-state index in [1.807, 2.05) is 38.1 Å². The second-order valence-electron chi connectivity index (χ2n) is 4.15. The highest BCUT2D eigenvalue weighted by atomic mass is 16.5. The molecule has 84 valence electrons. The van der Waals surface area contributed by atoms with Gasteiger partial charge < -0.3 is 4.74 Å². The van der Waals surface area contributed by atoms with Crippen LogP contribution >= 0.6 is 0 Å². The number of ether oxygens (including phenoxy) is 1. The fourth-order valence-corrected chi connectivity index (χ4v) is 1.50. The van der Waals surface area contributed by atoms with E-state index in [2.05, 4.69) is 6.07 Å². The van der Waals surface area contributed by atoms with Crippen LogP contribution in [-0.4, -0.2) is 13.1 Å². The van der Waals surface area contributed by atoms with Gasteiger partial charge >= 0.3 is 5.97 Å². The van der Waals surface area contributed by atoms with Crippen molar-refractivity contribution in [3.05, 3.63) is 35.4 Å². The first kappa shape index (κ1) is 12.3. The van der Waals surface area contributed by atoms with Crippen molar-refractivity contribution in [2.24, 2.45) is 0 Å². The monoisotopic (exact) mass is 217 g/mol. The van der Waals surface area contributed by atoms with Gasteiger partial charge in [-0.3, -0.25) is 4.79 Å². The van der Waals surface area contributed by atoms with Crippen molar-refractivity contribution < 1.29 is 9.53 Å². The molecular formula is C13H15NO2. The van der Waals surface area contributed by atoms with Crippen LogP contribution in [0.4, 0.5) is 0 Å². The van der Waals surface area contributed by atoms with Gasteiger partial charge in [0.05, 0.1) is 25.0 Å². The molecule has 0 unspecified atom stereocenters. The number of esters is 1. The number of carbonyl (C=O) groups excluding carboxylic acids is 1. The Kier molecular flexibility index (Phi) is 3.68. The van der Waals surface area contributed by atoms with Gasteiger partial charge in [0.2, 0.25) is 0 Å². The lowest BCUT2D eigenvalue weighted by molar-refractivity contribution is -0.146. The van der Waals surface area contributed by atoms with Gasteiger partial charge in [-0.15, -0.1) is 0 Å². The maximum Gasteiger partial charge on any atom is 0.315 e. The van der Waals surface area contributed by atoms with Crippen molar-refractivity contribution >= 4 is 5.97 Å². The number of methoxy groups -OCH3 is 1. The van der Waals surface area contributed by atoms with Gasteiger partial charge in [0.1, 0.15) is 0 Å². The van der Waals surface area contributed by atoms with E-state index in [9.17, 15) is 4.79 Å². The molecule has 0 radical (unpaired) electrons. The Bertz CT molecular complexity index is 413. The summed E-state index contributed by atoms with van der Waals surface area (Å²) in [5.74, 6) is -0.263. The molecule has 1 rings (SSSR count). The second-order valence-corrected chi connectivity index (χ2v) is 4.15. The number of nitrogens with zero attached hydrogens (tertiary/aromatic N) is 1. The number of benzene rings is 1. The Morgan fingerprint density at radius 2 is 1.94 bits per heavy atom. The predicted molar refractivity (Wildman–Crippen MR) is 60.8 cm³/mol. The summed E-state index contributed by atoms with van der Waals surface area (Å²) in [6.07, 6.45) is 0.388. The van der Waals surface area contributed by atoms with Crippen molar-refractivity contribution in [2.75, 3.05) is 7.11 Å². The molecule has 0 amide bonds. The van der Waals surface area contributed by atoms with Crippen molar-refractivity contribution in [3.8, 4) is 6.07 Å². The molecule has 1 aromatic carbocycles. The van der Waals surface area contributed by atoms with E-state index in [0.29, 0.717) is 6.42 Å². The molecule has 0 saturated heterocycles. The van der Waals surface area contributed by atoms with Gasteiger partial charge in [-0.2, -0.15) is 5.26 Å². The third kappa shape index (κ3) is 2.40. The lowest BCUT2D eigenvalue weighted by Crippen LogP contribution is -2.30. The van der Waals surface area contributed by atoms with Gasteiger partial charge in [0.25, 0.3) is 0 Å². The summed E-state index contributed by atoms with van der Waals surface area (Å²) in [6.45, 7) is 3.64. The van der Waals surface area contributed by atoms with Crippen LogP contribution in [-0.2, 0) is 21.4 Å². The molecule has 0 aliphatic heterocycles. The first-order chi connectivity index (χ1) is 7.52. The van der Waals surface area contributed by atoms with Crippen LogP contribution in [0.5, 0.6) is 0 Å². The Morgan fingerprint density at radius 1 is 1.38 bits per heavy atom. The Labute approximate surface area is 95.7 Å². The van der Waals surface area contributed by atoms with E-state index in [1.165, 1.54) is 7.11 Å². The van der Waals surface area contributed by atoms with Gasteiger partial charge in [-0.25, -0.2) is 0 Å². The van der Waals surface area contributed by atoms with Crippen LogP contribution in [0.3, 0.4) is 0 Å². The molecule has 0 spiro atoms. The number of rotatable bonds is 3. The van der Waals surface area contributed by atoms with E-state index < -0.39 is 5.41 Å². The van der Waals surface area contributed by atoms with Crippen LogP contribution in [0.15, 0.2) is 24.3 Å². The van der Waals surface area contributed by atoms with Crippen LogP contribution < -0.4 is 0 Å². The smallest absolute Gasteiger partial charge is 0.315 e. The first-order valence-corrected chi connectivity index (χ1v) is 5.07. The van der Waals surface area contributed by atoms with Gasteiger partial charge in [0, 0.05) is 0 Å². The van der Waals surface area contributed by atoms with E-state index in [1.54, 1.807) is 0 Å². The lowest BCUT2D eigenvalue weighted by atomic mass is 9.84. The minimum atomic E-state index is -0.653. The summed E-state index contributed by atoms with van der Waals surface area (Å²) in [4.78, 5) is 11.6. The average Bonchev–Trinajstić information content (AvgIpc) is 2.29. The largest absolute Gasteiger partial charge is 0.468 e. The third-order valence-electron chi connectivity index (χ3n) is 2.65. The summed E-state index contributed by atoms with van der Waals surface area (Å²) in [6, 6.07) is 9.54. The lowest BCUT2D eigenvalue weighted by Gasteiger charge is -2.22. The van der Waals surface area contributed by atoms with Crippen LogP contribution in [0.25, 0.3) is 0 Å². The highest BCUT2D eigenvalue weighted by molar-refractivity contribution is 5.82. The SMILES string of the molecule is COC(=O)C(C)(C)c1ccc(CC#N)cc1.